The van der Waals surface area contributed by atoms with Crippen LogP contribution in [0.25, 0.3) is 0 Å². The van der Waals surface area contributed by atoms with Crippen molar-refractivity contribution in [3.05, 3.63) is 12.2 Å². The Balaban J connectivity index is 2.40. The SMILES string of the molecule is CC(C)(C)N(CC(=O)O)C(=O)NCCCc1ncn[nH]1. The average Bonchev–Trinajstić information content (AvgIpc) is 2.82. The maximum absolute atomic E-state index is 12.0. The standard InChI is InChI=1S/C12H21N5O3/c1-12(2,3)17(7-10(18)19)11(20)13-6-4-5-9-14-8-15-16-9/h8H,4-7H2,1-3H3,(H,13,20)(H,18,19)(H,14,15,16). The molecule has 0 aliphatic rings. The molecule has 112 valence electrons. The van der Waals surface area contributed by atoms with Gasteiger partial charge in [-0.2, -0.15) is 5.10 Å². The van der Waals surface area contributed by atoms with E-state index in [2.05, 4.69) is 20.5 Å². The van der Waals surface area contributed by atoms with E-state index in [1.807, 2.05) is 0 Å². The van der Waals surface area contributed by atoms with Crippen LogP contribution < -0.4 is 5.32 Å². The fourth-order valence-electron chi connectivity index (χ4n) is 1.65. The summed E-state index contributed by atoms with van der Waals surface area (Å²) >= 11 is 0. The third-order valence-corrected chi connectivity index (χ3v) is 2.68. The Morgan fingerprint density at radius 1 is 1.45 bits per heavy atom. The van der Waals surface area contributed by atoms with Crippen molar-refractivity contribution in [3.8, 4) is 0 Å². The Labute approximate surface area is 117 Å². The van der Waals surface area contributed by atoms with Crippen LogP contribution in [-0.2, 0) is 11.2 Å². The Bertz CT molecular complexity index is 438. The molecular formula is C12H21N5O3. The second kappa shape index (κ2) is 6.88. The number of aryl methyl sites for hydroxylation is 1. The topological polar surface area (TPSA) is 111 Å². The Kier molecular flexibility index (Phi) is 5.48. The highest BCUT2D eigenvalue weighted by molar-refractivity contribution is 5.80. The number of urea groups is 1. The van der Waals surface area contributed by atoms with Crippen LogP contribution in [0.5, 0.6) is 0 Å². The summed E-state index contributed by atoms with van der Waals surface area (Å²) in [4.78, 5) is 28.1. The number of H-pyrrole nitrogens is 1. The van der Waals surface area contributed by atoms with Gasteiger partial charge >= 0.3 is 12.0 Å². The number of aliphatic carboxylic acids is 1. The first-order chi connectivity index (χ1) is 9.30. The number of nitrogens with one attached hydrogen (secondary N) is 2. The van der Waals surface area contributed by atoms with Crippen molar-refractivity contribution in [3.63, 3.8) is 0 Å². The lowest BCUT2D eigenvalue weighted by Gasteiger charge is -2.34. The molecule has 1 rings (SSSR count). The van der Waals surface area contributed by atoms with E-state index in [1.165, 1.54) is 11.2 Å². The smallest absolute Gasteiger partial charge is 0.323 e. The van der Waals surface area contributed by atoms with Crippen molar-refractivity contribution in [2.75, 3.05) is 13.1 Å². The van der Waals surface area contributed by atoms with E-state index in [-0.39, 0.29) is 12.6 Å². The lowest BCUT2D eigenvalue weighted by Crippen LogP contribution is -2.52. The number of carbonyl (C=O) groups is 2. The van der Waals surface area contributed by atoms with E-state index in [1.54, 1.807) is 20.8 Å². The number of rotatable bonds is 6. The van der Waals surface area contributed by atoms with Crippen LogP contribution in [0, 0.1) is 0 Å². The van der Waals surface area contributed by atoms with E-state index in [0.29, 0.717) is 19.4 Å². The number of aromatic amines is 1. The van der Waals surface area contributed by atoms with Gasteiger partial charge in [-0.3, -0.25) is 9.89 Å². The molecule has 0 radical (unpaired) electrons. The molecule has 0 spiro atoms. The maximum atomic E-state index is 12.0. The van der Waals surface area contributed by atoms with Crippen LogP contribution in [0.4, 0.5) is 4.79 Å². The largest absolute Gasteiger partial charge is 0.480 e. The summed E-state index contributed by atoms with van der Waals surface area (Å²) in [5.74, 6) is -0.269. The molecule has 0 saturated carbocycles. The van der Waals surface area contributed by atoms with Crippen molar-refractivity contribution in [1.82, 2.24) is 25.4 Å². The second-order valence-electron chi connectivity index (χ2n) is 5.42. The molecule has 0 unspecified atom stereocenters. The fourth-order valence-corrected chi connectivity index (χ4v) is 1.65. The maximum Gasteiger partial charge on any atom is 0.323 e. The minimum absolute atomic E-state index is 0.322. The van der Waals surface area contributed by atoms with Gasteiger partial charge in [0.1, 0.15) is 18.7 Å². The number of carbonyl (C=O) groups excluding carboxylic acids is 1. The molecule has 0 aromatic carbocycles. The summed E-state index contributed by atoms with van der Waals surface area (Å²) in [6.45, 7) is 5.52. The average molecular weight is 283 g/mol. The quantitative estimate of drug-likeness (QED) is 0.663. The monoisotopic (exact) mass is 283 g/mol. The van der Waals surface area contributed by atoms with Crippen LogP contribution in [0.2, 0.25) is 0 Å². The number of carboxylic acid groups (broad SMARTS) is 1. The van der Waals surface area contributed by atoms with Gasteiger partial charge in [0.05, 0.1) is 0 Å². The van der Waals surface area contributed by atoms with Crippen molar-refractivity contribution < 1.29 is 14.7 Å². The number of nitrogens with zero attached hydrogens (tertiary/aromatic N) is 3. The molecule has 0 fully saturated rings. The van der Waals surface area contributed by atoms with Gasteiger partial charge in [-0.1, -0.05) is 0 Å². The van der Waals surface area contributed by atoms with Crippen LogP contribution in [0.1, 0.15) is 33.0 Å². The Morgan fingerprint density at radius 3 is 2.65 bits per heavy atom. The minimum atomic E-state index is -1.03. The molecule has 1 aromatic heterocycles. The van der Waals surface area contributed by atoms with Crippen molar-refractivity contribution in [2.45, 2.75) is 39.2 Å². The lowest BCUT2D eigenvalue weighted by atomic mass is 10.1. The molecule has 8 heteroatoms. The Hall–Kier alpha value is -2.12. The summed E-state index contributed by atoms with van der Waals surface area (Å²) in [7, 11) is 0. The van der Waals surface area contributed by atoms with Crippen LogP contribution in [-0.4, -0.2) is 55.8 Å². The second-order valence-corrected chi connectivity index (χ2v) is 5.42. The molecule has 1 aromatic rings. The summed E-state index contributed by atoms with van der Waals surface area (Å²) < 4.78 is 0. The fraction of sp³-hybridized carbons (Fsp3) is 0.667. The van der Waals surface area contributed by atoms with Gasteiger partial charge in [0, 0.05) is 18.5 Å². The number of carboxylic acids is 1. The highest BCUT2D eigenvalue weighted by Gasteiger charge is 2.28. The first-order valence-electron chi connectivity index (χ1n) is 6.42. The van der Waals surface area contributed by atoms with Crippen LogP contribution in [0.15, 0.2) is 6.33 Å². The number of aromatic nitrogens is 3. The van der Waals surface area contributed by atoms with Crippen molar-refractivity contribution in [2.24, 2.45) is 0 Å². The van der Waals surface area contributed by atoms with E-state index in [4.69, 9.17) is 5.11 Å². The van der Waals surface area contributed by atoms with Crippen LogP contribution >= 0.6 is 0 Å². The highest BCUT2D eigenvalue weighted by atomic mass is 16.4. The first kappa shape index (κ1) is 15.9. The van der Waals surface area contributed by atoms with Gasteiger partial charge in [0.15, 0.2) is 0 Å². The summed E-state index contributed by atoms with van der Waals surface area (Å²) in [6, 6.07) is -0.377. The van der Waals surface area contributed by atoms with E-state index < -0.39 is 11.5 Å². The minimum Gasteiger partial charge on any atom is -0.480 e. The number of amides is 2. The summed E-state index contributed by atoms with van der Waals surface area (Å²) in [6.07, 6.45) is 2.81. The Morgan fingerprint density at radius 2 is 2.15 bits per heavy atom. The molecule has 1 heterocycles. The molecule has 0 atom stereocenters. The molecular weight excluding hydrogens is 262 g/mol. The van der Waals surface area contributed by atoms with E-state index >= 15 is 0 Å². The predicted molar refractivity (Wildman–Crippen MR) is 72.2 cm³/mol. The van der Waals surface area contributed by atoms with Gasteiger partial charge in [0.2, 0.25) is 0 Å². The van der Waals surface area contributed by atoms with Crippen molar-refractivity contribution >= 4 is 12.0 Å². The predicted octanol–water partition coefficient (Wildman–Crippen LogP) is 0.632. The molecule has 2 amide bonds. The van der Waals surface area contributed by atoms with E-state index in [0.717, 1.165) is 5.82 Å². The van der Waals surface area contributed by atoms with Gasteiger partial charge in [-0.15, -0.1) is 0 Å². The number of hydrogen-bond acceptors (Lipinski definition) is 4. The molecule has 8 nitrogen and oxygen atoms in total. The molecule has 3 N–H and O–H groups in total. The lowest BCUT2D eigenvalue weighted by molar-refractivity contribution is -0.138. The normalized spacial score (nSPS) is 11.2. The molecule has 20 heavy (non-hydrogen) atoms. The zero-order valence-electron chi connectivity index (χ0n) is 12.0. The zero-order chi connectivity index (χ0) is 15.2. The van der Waals surface area contributed by atoms with Gasteiger partial charge in [-0.05, 0) is 27.2 Å². The highest BCUT2D eigenvalue weighted by Crippen LogP contribution is 2.12. The first-order valence-corrected chi connectivity index (χ1v) is 6.42. The third kappa shape index (κ3) is 5.25. The van der Waals surface area contributed by atoms with Gasteiger partial charge in [0.25, 0.3) is 0 Å². The van der Waals surface area contributed by atoms with Gasteiger partial charge < -0.3 is 15.3 Å². The molecule has 0 saturated heterocycles. The molecule has 0 aliphatic carbocycles. The van der Waals surface area contributed by atoms with Crippen molar-refractivity contribution in [1.29, 1.82) is 0 Å². The molecule has 0 aliphatic heterocycles. The summed E-state index contributed by atoms with van der Waals surface area (Å²) in [5.41, 5.74) is -0.548. The van der Waals surface area contributed by atoms with E-state index in [9.17, 15) is 9.59 Å². The summed E-state index contributed by atoms with van der Waals surface area (Å²) in [5, 5.41) is 18.0. The van der Waals surface area contributed by atoms with Gasteiger partial charge in [-0.25, -0.2) is 9.78 Å². The van der Waals surface area contributed by atoms with Crippen LogP contribution in [0.3, 0.4) is 0 Å². The molecule has 0 bridgehead atoms. The number of hydrogen-bond donors (Lipinski definition) is 3. The zero-order valence-corrected chi connectivity index (χ0v) is 12.0. The third-order valence-electron chi connectivity index (χ3n) is 2.68.